The van der Waals surface area contributed by atoms with Gasteiger partial charge in [-0.05, 0) is 284 Å². The molecule has 16 heterocycles. The number of pyridine rings is 6. The number of aryl methyl sites for hydroxylation is 6. The Bertz CT molecular complexity index is 6490. The zero-order valence-corrected chi connectivity index (χ0v) is 75.9. The molecule has 660 valence electrons. The van der Waals surface area contributed by atoms with Gasteiger partial charge in [0.25, 0.3) is 5.91 Å². The van der Waals surface area contributed by atoms with E-state index in [0.717, 1.165) is 131 Å². The van der Waals surface area contributed by atoms with Crippen LogP contribution >= 0.6 is 0 Å². The second-order valence-electron chi connectivity index (χ2n) is 36.8. The third-order valence-electron chi connectivity index (χ3n) is 27.3. The third-order valence-corrected chi connectivity index (χ3v) is 27.3. The molecule has 5 aliphatic heterocycles. The van der Waals surface area contributed by atoms with E-state index in [4.69, 9.17) is 43.9 Å². The van der Waals surface area contributed by atoms with Gasteiger partial charge in [0, 0.05) is 263 Å². The lowest BCUT2D eigenvalue weighted by Crippen LogP contribution is -2.31. The minimum absolute atomic E-state index is 0.000861. The van der Waals surface area contributed by atoms with Crippen molar-refractivity contribution in [1.82, 2.24) is 77.2 Å². The molecular weight excluding hydrogens is 1590 g/mol. The molecule has 1 aliphatic carbocycles. The van der Waals surface area contributed by atoms with Crippen molar-refractivity contribution in [2.75, 3.05) is 67.5 Å². The van der Waals surface area contributed by atoms with Gasteiger partial charge in [-0.25, -0.2) is 9.97 Å². The molecule has 15 aromatic rings. The number of aromatic nitrogens is 11. The normalized spacial score (nSPS) is 16.5. The lowest BCUT2D eigenvalue weighted by atomic mass is 9.95. The van der Waals surface area contributed by atoms with Crippen LogP contribution in [0.1, 0.15) is 184 Å². The van der Waals surface area contributed by atoms with Crippen molar-refractivity contribution in [3.63, 3.8) is 0 Å². The highest BCUT2D eigenvalue weighted by molar-refractivity contribution is 5.91. The summed E-state index contributed by atoms with van der Waals surface area (Å²) in [6, 6.07) is 50.6. The Labute approximate surface area is 752 Å². The average Bonchev–Trinajstić information content (AvgIpc) is 1.63. The topological polar surface area (TPSA) is 289 Å². The van der Waals surface area contributed by atoms with Crippen molar-refractivity contribution in [2.45, 2.75) is 188 Å². The van der Waals surface area contributed by atoms with E-state index in [-0.39, 0.29) is 29.9 Å². The second kappa shape index (κ2) is 39.0. The average molecular weight is 1710 g/mol. The molecule has 128 heavy (non-hydrogen) atoms. The van der Waals surface area contributed by atoms with Crippen LogP contribution in [0.25, 0.3) is 54.8 Å². The number of hydrogen-bond acceptors (Lipinski definition) is 17. The molecule has 21 rings (SSSR count). The van der Waals surface area contributed by atoms with Crippen molar-refractivity contribution in [1.29, 1.82) is 5.26 Å². The molecule has 0 bridgehead atoms. The predicted octanol–water partition coefficient (Wildman–Crippen LogP) is 15.6. The van der Waals surface area contributed by atoms with Crippen molar-refractivity contribution < 1.29 is 4.79 Å². The maximum Gasteiger partial charge on any atom is 0.267 e. The second-order valence-corrected chi connectivity index (χ2v) is 36.8. The Kier molecular flexibility index (Phi) is 26.8. The Morgan fingerprint density at radius 3 is 1.12 bits per heavy atom. The Hall–Kier alpha value is -11.9. The lowest BCUT2D eigenvalue weighted by molar-refractivity contribution is 0.0995. The minimum atomic E-state index is -0.528. The fourth-order valence-electron chi connectivity index (χ4n) is 20.5. The van der Waals surface area contributed by atoms with Crippen molar-refractivity contribution >= 4 is 60.7 Å². The summed E-state index contributed by atoms with van der Waals surface area (Å²) in [6.45, 7) is 25.4. The zero-order valence-electron chi connectivity index (χ0n) is 75.9. The number of carbonyl (C=O) groups is 1. The SMILES string of the molecule is Cc1ccc2c(c1)c1c(n2CC(N)c2ccc(C(N)=O)nc2)CCN(C)C1.Cc1ccc2c(c1)c1c(n2CC(N)c2ccncc2)CCCC1.Cc1ccc2c(c1)c1c(n2CC(c2ccncc2)N2CCCC2)CCN(C)C1.Cc1cnc2c(c1)c1c(n2CC(N)c2ccc(C#N)cc2)CCN(C)C1.Cc1cnc2c(c1)c1c(n2CC(N)c2ccncc2)CCN(C)C1. The van der Waals surface area contributed by atoms with Crippen LogP contribution in [0, 0.1) is 45.9 Å². The first-order valence-corrected chi connectivity index (χ1v) is 45.8. The molecule has 4 aromatic carbocycles. The molecule has 0 radical (unpaired) electrons. The first-order chi connectivity index (χ1) is 62.1. The van der Waals surface area contributed by atoms with Crippen molar-refractivity contribution in [3.05, 3.63) is 318 Å². The van der Waals surface area contributed by atoms with E-state index < -0.39 is 5.91 Å². The smallest absolute Gasteiger partial charge is 0.267 e. The van der Waals surface area contributed by atoms with Gasteiger partial charge in [-0.3, -0.25) is 29.6 Å². The quantitative estimate of drug-likeness (QED) is 0.0566. The first kappa shape index (κ1) is 88.1. The van der Waals surface area contributed by atoms with E-state index in [1.165, 1.54) is 168 Å². The van der Waals surface area contributed by atoms with Crippen LogP contribution in [0.4, 0.5) is 0 Å². The maximum atomic E-state index is 11.2. The highest BCUT2D eigenvalue weighted by Crippen LogP contribution is 2.40. The largest absolute Gasteiger partial charge is 0.364 e. The van der Waals surface area contributed by atoms with Crippen LogP contribution in [0.3, 0.4) is 0 Å². The summed E-state index contributed by atoms with van der Waals surface area (Å²) < 4.78 is 12.1. The number of likely N-dealkylation sites (tertiary alicyclic amines) is 1. The summed E-state index contributed by atoms with van der Waals surface area (Å²) in [4.78, 5) is 49.5. The van der Waals surface area contributed by atoms with E-state index >= 15 is 0 Å². The van der Waals surface area contributed by atoms with Crippen LogP contribution in [0.15, 0.2) is 195 Å². The third kappa shape index (κ3) is 19.0. The van der Waals surface area contributed by atoms with Crippen LogP contribution < -0.4 is 28.7 Å². The number of benzene rings is 4. The Balaban J connectivity index is 0.000000113. The van der Waals surface area contributed by atoms with Gasteiger partial charge in [-0.1, -0.05) is 53.1 Å². The molecule has 5 unspecified atom stereocenters. The lowest BCUT2D eigenvalue weighted by Gasteiger charge is -2.30. The molecule has 11 aromatic heterocycles. The van der Waals surface area contributed by atoms with Gasteiger partial charge in [0.2, 0.25) is 0 Å². The summed E-state index contributed by atoms with van der Waals surface area (Å²) in [6.07, 6.45) is 28.5. The van der Waals surface area contributed by atoms with E-state index in [1.54, 1.807) is 41.5 Å². The molecule has 0 saturated carbocycles. The predicted molar refractivity (Wildman–Crippen MR) is 514 cm³/mol. The fourth-order valence-corrected chi connectivity index (χ4v) is 20.5. The fraction of sp³-hybridized carbons (Fsp3) is 0.371. The summed E-state index contributed by atoms with van der Waals surface area (Å²) in [7, 11) is 8.75. The van der Waals surface area contributed by atoms with Gasteiger partial charge in [0.05, 0.1) is 17.7 Å². The van der Waals surface area contributed by atoms with Crippen molar-refractivity contribution in [2.24, 2.45) is 28.7 Å². The van der Waals surface area contributed by atoms with Gasteiger partial charge in [0.1, 0.15) is 17.0 Å². The van der Waals surface area contributed by atoms with Crippen LogP contribution in [0.5, 0.6) is 0 Å². The number of hydrogen-bond donors (Lipinski definition) is 5. The zero-order chi connectivity index (χ0) is 89.0. The number of amides is 1. The highest BCUT2D eigenvalue weighted by atomic mass is 16.1. The van der Waals surface area contributed by atoms with Gasteiger partial charge in [0.15, 0.2) is 0 Å². The number of rotatable bonds is 17. The number of primary amides is 1. The molecule has 1 amide bonds. The standard InChI is InChI=1S/C24H30N4.C21H25N5O.C21H23N5.C20H23N3.C19H23N5/c1-18-5-6-22-20(15-18)21-16-26(2)14-9-23(21)28(22)17-24(27-12-3-4-13-27)19-7-10-25-11-8-19;1-13-3-6-19-15(9-13)16-11-25(2)8-7-20(16)26(19)12-17(22)14-4-5-18(21(23)27)24-10-14;1-14-9-17-18-12-25(2)8-7-20(18)26(21(17)24-11-14)13-19(23)16-5-3-15(10-22)4-6-16;1-14-6-7-20-17(12-14)16-4-2-3-5-19(16)23(20)13-18(21)15-8-10-22-11-9-15;1-13-9-15-16-11-23(2)8-5-18(16)24(19(15)22-10-13)12-17(20)14-3-6-21-7-4-14/h5-8,10-11,15,24H,3-4,9,12-14,16-17H2,1-2H3;3-6,9-10,17H,7-8,11-12,22H2,1-2H3,(H2,23,27);3-6,9,11,19H,7-8,12-13,23H2,1-2H3;6-12,18H,2-5,13,21H2,1H3;3-4,6-7,9-10,17H,5,8,11-12,20H2,1-2H3. The van der Waals surface area contributed by atoms with Crippen LogP contribution in [-0.4, -0.2) is 151 Å². The molecule has 0 spiro atoms. The molecule has 10 N–H and O–H groups in total. The van der Waals surface area contributed by atoms with Gasteiger partial charge in [-0.15, -0.1) is 0 Å². The molecule has 5 atom stereocenters. The number of carbonyl (C=O) groups excluding carboxylic acids is 1. The number of nitrogens with zero attached hydrogens (tertiary/aromatic N) is 17. The maximum absolute atomic E-state index is 11.2. The molecule has 1 fully saturated rings. The van der Waals surface area contributed by atoms with Crippen LogP contribution in [0.2, 0.25) is 0 Å². The monoisotopic (exact) mass is 1710 g/mol. The van der Waals surface area contributed by atoms with E-state index in [9.17, 15) is 4.79 Å². The van der Waals surface area contributed by atoms with Gasteiger partial charge < -0.3 is 71.1 Å². The number of fused-ring (bicyclic) bond motifs is 15. The Morgan fingerprint density at radius 2 is 0.711 bits per heavy atom. The van der Waals surface area contributed by atoms with Crippen molar-refractivity contribution in [3.8, 4) is 6.07 Å². The number of likely N-dealkylation sites (N-methyl/N-ethyl adjacent to an activating group) is 4. The van der Waals surface area contributed by atoms with Gasteiger partial charge in [-0.2, -0.15) is 5.26 Å². The van der Waals surface area contributed by atoms with Crippen LogP contribution in [-0.2, 0) is 97.4 Å². The summed E-state index contributed by atoms with van der Waals surface area (Å²) in [5.74, 6) is -0.528. The summed E-state index contributed by atoms with van der Waals surface area (Å²) in [5.41, 5.74) is 64.7. The molecule has 23 nitrogen and oxygen atoms in total. The molecule has 1 saturated heterocycles. The molecule has 23 heteroatoms. The highest BCUT2D eigenvalue weighted by Gasteiger charge is 2.32. The summed E-state index contributed by atoms with van der Waals surface area (Å²) in [5, 5.41) is 15.7. The van der Waals surface area contributed by atoms with E-state index in [1.807, 2.05) is 91.8 Å². The van der Waals surface area contributed by atoms with Gasteiger partial charge >= 0.3 is 0 Å². The summed E-state index contributed by atoms with van der Waals surface area (Å²) >= 11 is 0. The number of nitrogens with two attached hydrogens (primary N) is 5. The molecular formula is C105H124N22O. The number of nitriles is 1. The van der Waals surface area contributed by atoms with E-state index in [0.29, 0.717) is 24.7 Å². The minimum Gasteiger partial charge on any atom is -0.364 e. The first-order valence-electron chi connectivity index (χ1n) is 45.8. The van der Waals surface area contributed by atoms with E-state index in [2.05, 4.69) is 215 Å². The Morgan fingerprint density at radius 1 is 0.359 bits per heavy atom. The molecule has 6 aliphatic rings.